The lowest BCUT2D eigenvalue weighted by molar-refractivity contribution is -0.138. The zero-order valence-corrected chi connectivity index (χ0v) is 12.7. The van der Waals surface area contributed by atoms with Gasteiger partial charge in [0.2, 0.25) is 10.1 Å². The number of hydrogen-bond donors (Lipinski definition) is 1. The number of rotatable bonds is 5. The third-order valence-corrected chi connectivity index (χ3v) is 3.64. The molecule has 0 spiro atoms. The Balaban J connectivity index is 2.00. The Kier molecular flexibility index (Phi) is 4.97. The second kappa shape index (κ2) is 6.57. The summed E-state index contributed by atoms with van der Waals surface area (Å²) < 4.78 is 51.0. The number of alkyl halides is 3. The van der Waals surface area contributed by atoms with Crippen LogP contribution in [0.15, 0.2) is 18.2 Å². The highest BCUT2D eigenvalue weighted by Gasteiger charge is 2.35. The first-order valence-electron chi connectivity index (χ1n) is 6.32. The van der Waals surface area contributed by atoms with E-state index in [-0.39, 0.29) is 17.5 Å². The Bertz CT molecular complexity index is 639. The van der Waals surface area contributed by atoms with E-state index in [1.54, 1.807) is 12.1 Å². The molecule has 0 aliphatic rings. The van der Waals surface area contributed by atoms with Crippen molar-refractivity contribution in [3.8, 4) is 0 Å². The van der Waals surface area contributed by atoms with Gasteiger partial charge in [0.05, 0.1) is 0 Å². The van der Waals surface area contributed by atoms with Gasteiger partial charge < -0.3 is 10.2 Å². The number of hydrogen-bond acceptors (Lipinski definition) is 5. The predicted molar refractivity (Wildman–Crippen MR) is 76.0 cm³/mol. The van der Waals surface area contributed by atoms with Gasteiger partial charge in [0.15, 0.2) is 0 Å². The number of halogens is 4. The summed E-state index contributed by atoms with van der Waals surface area (Å²) in [5.74, 6) is -0.346. The summed E-state index contributed by atoms with van der Waals surface area (Å²) in [5.41, 5.74) is 1.17. The SMILES string of the molecule is CN(C)Cc1ccc(CNc2nnc(C(F)(F)F)s2)cc1F. The number of anilines is 1. The van der Waals surface area contributed by atoms with E-state index in [9.17, 15) is 17.6 Å². The molecule has 2 aromatic rings. The fraction of sp³-hybridized carbons (Fsp3) is 0.385. The molecule has 0 aliphatic carbocycles. The van der Waals surface area contributed by atoms with Crippen LogP contribution in [0.2, 0.25) is 0 Å². The van der Waals surface area contributed by atoms with Crippen LogP contribution in [-0.2, 0) is 19.3 Å². The molecule has 9 heteroatoms. The molecule has 1 N–H and O–H groups in total. The van der Waals surface area contributed by atoms with Crippen molar-refractivity contribution in [1.29, 1.82) is 0 Å². The Morgan fingerprint density at radius 1 is 1.23 bits per heavy atom. The molecule has 0 atom stereocenters. The quantitative estimate of drug-likeness (QED) is 0.851. The zero-order valence-electron chi connectivity index (χ0n) is 11.9. The monoisotopic (exact) mass is 334 g/mol. The molecule has 2 rings (SSSR count). The summed E-state index contributed by atoms with van der Waals surface area (Å²) in [6, 6.07) is 4.74. The Labute approximate surface area is 128 Å². The molecule has 4 nitrogen and oxygen atoms in total. The van der Waals surface area contributed by atoms with Gasteiger partial charge in [-0.1, -0.05) is 23.5 Å². The highest BCUT2D eigenvalue weighted by Crippen LogP contribution is 2.33. The van der Waals surface area contributed by atoms with Gasteiger partial charge in [-0.05, 0) is 25.7 Å². The minimum Gasteiger partial charge on any atom is -0.356 e. The predicted octanol–water partition coefficient (Wildman–Crippen LogP) is 3.37. The molecule has 0 unspecified atom stereocenters. The van der Waals surface area contributed by atoms with Crippen molar-refractivity contribution in [2.24, 2.45) is 0 Å². The van der Waals surface area contributed by atoms with Crippen molar-refractivity contribution in [2.45, 2.75) is 19.3 Å². The van der Waals surface area contributed by atoms with Crippen molar-refractivity contribution in [3.63, 3.8) is 0 Å². The second-order valence-electron chi connectivity index (χ2n) is 4.93. The van der Waals surface area contributed by atoms with Crippen LogP contribution >= 0.6 is 11.3 Å². The molecule has 0 fully saturated rings. The van der Waals surface area contributed by atoms with Crippen molar-refractivity contribution in [2.75, 3.05) is 19.4 Å². The van der Waals surface area contributed by atoms with Gasteiger partial charge >= 0.3 is 6.18 Å². The smallest absolute Gasteiger partial charge is 0.356 e. The molecule has 0 saturated carbocycles. The molecule has 1 heterocycles. The highest BCUT2D eigenvalue weighted by atomic mass is 32.1. The van der Waals surface area contributed by atoms with E-state index in [1.165, 1.54) is 6.07 Å². The van der Waals surface area contributed by atoms with Crippen LogP contribution < -0.4 is 5.32 Å². The average Bonchev–Trinajstić information content (AvgIpc) is 2.87. The molecule has 120 valence electrons. The number of nitrogens with zero attached hydrogens (tertiary/aromatic N) is 3. The molecule has 1 aromatic carbocycles. The van der Waals surface area contributed by atoms with Crippen molar-refractivity contribution >= 4 is 16.5 Å². The molecule has 0 aliphatic heterocycles. The van der Waals surface area contributed by atoms with E-state index in [0.29, 0.717) is 29.0 Å². The Hall–Kier alpha value is -1.74. The van der Waals surface area contributed by atoms with E-state index in [4.69, 9.17) is 0 Å². The Morgan fingerprint density at radius 2 is 1.95 bits per heavy atom. The maximum Gasteiger partial charge on any atom is 0.445 e. The first kappa shape index (κ1) is 16.6. The van der Waals surface area contributed by atoms with Gasteiger partial charge in [-0.2, -0.15) is 13.2 Å². The van der Waals surface area contributed by atoms with Crippen LogP contribution in [-0.4, -0.2) is 29.2 Å². The molecule has 0 amide bonds. The fourth-order valence-electron chi connectivity index (χ4n) is 1.76. The maximum atomic E-state index is 13.9. The van der Waals surface area contributed by atoms with Gasteiger partial charge in [0.1, 0.15) is 5.82 Å². The number of nitrogens with one attached hydrogen (secondary N) is 1. The van der Waals surface area contributed by atoms with Gasteiger partial charge in [-0.15, -0.1) is 10.2 Å². The summed E-state index contributed by atoms with van der Waals surface area (Å²) in [4.78, 5) is 1.84. The lowest BCUT2D eigenvalue weighted by Gasteiger charge is -2.11. The third kappa shape index (κ3) is 4.38. The van der Waals surface area contributed by atoms with E-state index < -0.39 is 11.2 Å². The first-order chi connectivity index (χ1) is 10.3. The van der Waals surface area contributed by atoms with Crippen LogP contribution in [0.3, 0.4) is 0 Å². The molecule has 22 heavy (non-hydrogen) atoms. The van der Waals surface area contributed by atoms with Crippen molar-refractivity contribution in [1.82, 2.24) is 15.1 Å². The molecular formula is C13H14F4N4S. The largest absolute Gasteiger partial charge is 0.445 e. The van der Waals surface area contributed by atoms with Gasteiger partial charge in [-0.3, -0.25) is 0 Å². The van der Waals surface area contributed by atoms with Gasteiger partial charge in [0.25, 0.3) is 0 Å². The van der Waals surface area contributed by atoms with E-state index >= 15 is 0 Å². The molecule has 0 saturated heterocycles. The molecular weight excluding hydrogens is 320 g/mol. The first-order valence-corrected chi connectivity index (χ1v) is 7.14. The van der Waals surface area contributed by atoms with Gasteiger partial charge in [-0.25, -0.2) is 4.39 Å². The summed E-state index contributed by atoms with van der Waals surface area (Å²) in [7, 11) is 3.67. The van der Waals surface area contributed by atoms with Crippen LogP contribution in [0.5, 0.6) is 0 Å². The van der Waals surface area contributed by atoms with Crippen LogP contribution in [0.4, 0.5) is 22.7 Å². The van der Waals surface area contributed by atoms with Crippen molar-refractivity contribution in [3.05, 3.63) is 40.2 Å². The van der Waals surface area contributed by atoms with Crippen LogP contribution in [0.1, 0.15) is 16.1 Å². The summed E-state index contributed by atoms with van der Waals surface area (Å²) in [6.07, 6.45) is -4.50. The van der Waals surface area contributed by atoms with Crippen LogP contribution in [0.25, 0.3) is 0 Å². The lowest BCUT2D eigenvalue weighted by Crippen LogP contribution is -2.12. The van der Waals surface area contributed by atoms with E-state index in [1.807, 2.05) is 19.0 Å². The second-order valence-corrected chi connectivity index (χ2v) is 5.90. The summed E-state index contributed by atoms with van der Waals surface area (Å²) in [5, 5.41) is 8.22. The zero-order chi connectivity index (χ0) is 16.3. The molecule has 1 aromatic heterocycles. The standard InChI is InChI=1S/C13H14F4N4S/c1-21(2)7-9-4-3-8(5-10(9)14)6-18-12-20-19-11(22-12)13(15,16)17/h3-5H,6-7H2,1-2H3,(H,18,20). The van der Waals surface area contributed by atoms with Crippen LogP contribution in [0, 0.1) is 5.82 Å². The van der Waals surface area contributed by atoms with E-state index in [2.05, 4.69) is 15.5 Å². The van der Waals surface area contributed by atoms with Crippen molar-refractivity contribution < 1.29 is 17.6 Å². The number of benzene rings is 1. The maximum absolute atomic E-state index is 13.9. The Morgan fingerprint density at radius 3 is 2.50 bits per heavy atom. The van der Waals surface area contributed by atoms with E-state index in [0.717, 1.165) is 0 Å². The molecule has 0 radical (unpaired) electrons. The highest BCUT2D eigenvalue weighted by molar-refractivity contribution is 7.15. The third-order valence-electron chi connectivity index (χ3n) is 2.72. The fourth-order valence-corrected chi connectivity index (χ4v) is 2.36. The lowest BCUT2D eigenvalue weighted by atomic mass is 10.1. The number of aromatic nitrogens is 2. The van der Waals surface area contributed by atoms with Gasteiger partial charge in [0, 0.05) is 18.7 Å². The summed E-state index contributed by atoms with van der Waals surface area (Å²) >= 11 is 0.416. The molecule has 0 bridgehead atoms. The minimum atomic E-state index is -4.50. The topological polar surface area (TPSA) is 41.0 Å². The minimum absolute atomic E-state index is 0.0464. The average molecular weight is 334 g/mol. The normalized spacial score (nSPS) is 12.0. The summed E-state index contributed by atoms with van der Waals surface area (Å²) in [6.45, 7) is 0.649.